The van der Waals surface area contributed by atoms with Gasteiger partial charge in [-0.25, -0.2) is 4.79 Å². The van der Waals surface area contributed by atoms with Crippen LogP contribution in [0.25, 0.3) is 0 Å². The van der Waals surface area contributed by atoms with Gasteiger partial charge >= 0.3 is 5.97 Å². The van der Waals surface area contributed by atoms with Gasteiger partial charge in [0.1, 0.15) is 11.5 Å². The minimum atomic E-state index is -0.345. The smallest absolute Gasteiger partial charge is 0.343 e. The molecule has 3 nitrogen and oxygen atoms in total. The van der Waals surface area contributed by atoms with E-state index in [0.29, 0.717) is 17.2 Å². The third-order valence-electron chi connectivity index (χ3n) is 3.84. The van der Waals surface area contributed by atoms with Gasteiger partial charge in [0.05, 0.1) is 11.7 Å². The summed E-state index contributed by atoms with van der Waals surface area (Å²) in [5, 5.41) is 0. The molecule has 3 heteroatoms. The molecule has 0 spiro atoms. The first kappa shape index (κ1) is 18.1. The fourth-order valence-electron chi connectivity index (χ4n) is 2.57. The van der Waals surface area contributed by atoms with Crippen LogP contribution in [0, 0.1) is 0 Å². The number of carbonyl (C=O) groups is 1. The molecule has 0 amide bonds. The minimum absolute atomic E-state index is 0.118. The van der Waals surface area contributed by atoms with Crippen LogP contribution in [0.5, 0.6) is 11.5 Å². The molecule has 0 heterocycles. The van der Waals surface area contributed by atoms with Gasteiger partial charge in [-0.05, 0) is 68.1 Å². The SMILES string of the molecule is CCCC(C)c1ccc(C(=O)Oc2ccc(OC(C)C)cc2)cc1. The zero-order valence-electron chi connectivity index (χ0n) is 14.9. The summed E-state index contributed by atoms with van der Waals surface area (Å²) < 4.78 is 11.0. The monoisotopic (exact) mass is 326 g/mol. The van der Waals surface area contributed by atoms with E-state index in [2.05, 4.69) is 13.8 Å². The Hall–Kier alpha value is -2.29. The maximum atomic E-state index is 12.2. The van der Waals surface area contributed by atoms with Crippen LogP contribution in [0.3, 0.4) is 0 Å². The lowest BCUT2D eigenvalue weighted by Crippen LogP contribution is -2.09. The van der Waals surface area contributed by atoms with Crippen LogP contribution in [0.2, 0.25) is 0 Å². The predicted molar refractivity (Wildman–Crippen MR) is 96.9 cm³/mol. The first-order valence-electron chi connectivity index (χ1n) is 8.58. The summed E-state index contributed by atoms with van der Waals surface area (Å²) in [5.74, 6) is 1.44. The van der Waals surface area contributed by atoms with Crippen molar-refractivity contribution in [3.05, 3.63) is 59.7 Å². The molecule has 0 aliphatic carbocycles. The quantitative estimate of drug-likeness (QED) is 0.491. The van der Waals surface area contributed by atoms with Crippen molar-refractivity contribution < 1.29 is 14.3 Å². The first-order chi connectivity index (χ1) is 11.5. The zero-order valence-corrected chi connectivity index (χ0v) is 14.9. The number of esters is 1. The molecular formula is C21H26O3. The van der Waals surface area contributed by atoms with Crippen molar-refractivity contribution in [3.8, 4) is 11.5 Å². The van der Waals surface area contributed by atoms with Crippen molar-refractivity contribution in [1.29, 1.82) is 0 Å². The lowest BCUT2D eigenvalue weighted by molar-refractivity contribution is 0.0734. The average Bonchev–Trinajstić information content (AvgIpc) is 2.56. The van der Waals surface area contributed by atoms with Gasteiger partial charge in [0, 0.05) is 0 Å². The number of benzene rings is 2. The van der Waals surface area contributed by atoms with E-state index in [1.54, 1.807) is 24.3 Å². The average molecular weight is 326 g/mol. The van der Waals surface area contributed by atoms with Crippen molar-refractivity contribution in [2.45, 2.75) is 52.6 Å². The third-order valence-corrected chi connectivity index (χ3v) is 3.84. The van der Waals surface area contributed by atoms with Crippen molar-refractivity contribution in [1.82, 2.24) is 0 Å². The highest BCUT2D eigenvalue weighted by Crippen LogP contribution is 2.22. The predicted octanol–water partition coefficient (Wildman–Crippen LogP) is 5.60. The molecule has 0 aliphatic rings. The van der Waals surface area contributed by atoms with E-state index in [0.717, 1.165) is 18.6 Å². The van der Waals surface area contributed by atoms with E-state index in [1.807, 2.05) is 38.1 Å². The molecule has 0 radical (unpaired) electrons. The molecule has 24 heavy (non-hydrogen) atoms. The van der Waals surface area contributed by atoms with Gasteiger partial charge in [0.25, 0.3) is 0 Å². The van der Waals surface area contributed by atoms with Crippen molar-refractivity contribution in [2.75, 3.05) is 0 Å². The van der Waals surface area contributed by atoms with Gasteiger partial charge in [-0.1, -0.05) is 32.4 Å². The summed E-state index contributed by atoms with van der Waals surface area (Å²) in [6, 6.07) is 14.8. The number of rotatable bonds is 7. The maximum Gasteiger partial charge on any atom is 0.343 e. The van der Waals surface area contributed by atoms with Gasteiger partial charge in [0.15, 0.2) is 0 Å². The summed E-state index contributed by atoms with van der Waals surface area (Å²) >= 11 is 0. The Morgan fingerprint density at radius 3 is 2.04 bits per heavy atom. The highest BCUT2D eigenvalue weighted by Gasteiger charge is 2.10. The second-order valence-electron chi connectivity index (χ2n) is 6.34. The molecule has 2 aromatic rings. The summed E-state index contributed by atoms with van der Waals surface area (Å²) in [6.45, 7) is 8.33. The van der Waals surface area contributed by atoms with Gasteiger partial charge in [-0.3, -0.25) is 0 Å². The van der Waals surface area contributed by atoms with Crippen LogP contribution in [0.15, 0.2) is 48.5 Å². The van der Waals surface area contributed by atoms with E-state index >= 15 is 0 Å². The van der Waals surface area contributed by atoms with E-state index in [-0.39, 0.29) is 12.1 Å². The standard InChI is InChI=1S/C21H26O3/c1-5-6-16(4)17-7-9-18(10-8-17)21(22)24-20-13-11-19(12-14-20)23-15(2)3/h7-16H,5-6H2,1-4H3. The minimum Gasteiger partial charge on any atom is -0.491 e. The summed E-state index contributed by atoms with van der Waals surface area (Å²) in [4.78, 5) is 12.2. The number of carbonyl (C=O) groups excluding carboxylic acids is 1. The molecule has 1 unspecified atom stereocenters. The fourth-order valence-corrected chi connectivity index (χ4v) is 2.57. The zero-order chi connectivity index (χ0) is 17.5. The maximum absolute atomic E-state index is 12.2. The fraction of sp³-hybridized carbons (Fsp3) is 0.381. The van der Waals surface area contributed by atoms with Crippen molar-refractivity contribution in [2.24, 2.45) is 0 Å². The van der Waals surface area contributed by atoms with Gasteiger partial charge in [-0.2, -0.15) is 0 Å². The highest BCUT2D eigenvalue weighted by molar-refractivity contribution is 5.91. The molecule has 128 valence electrons. The molecule has 0 aromatic heterocycles. The summed E-state index contributed by atoms with van der Waals surface area (Å²) in [7, 11) is 0. The Kier molecular flexibility index (Phi) is 6.42. The normalized spacial score (nSPS) is 12.0. The van der Waals surface area contributed by atoms with Gasteiger partial charge in [0.2, 0.25) is 0 Å². The highest BCUT2D eigenvalue weighted by atomic mass is 16.5. The van der Waals surface area contributed by atoms with E-state index in [4.69, 9.17) is 9.47 Å². The lowest BCUT2D eigenvalue weighted by Gasteiger charge is -2.12. The van der Waals surface area contributed by atoms with Crippen molar-refractivity contribution >= 4 is 5.97 Å². The van der Waals surface area contributed by atoms with Crippen LogP contribution in [-0.2, 0) is 0 Å². The van der Waals surface area contributed by atoms with E-state index in [9.17, 15) is 4.79 Å². The van der Waals surface area contributed by atoms with Crippen LogP contribution in [0.1, 0.15) is 62.4 Å². The molecule has 2 aromatic carbocycles. The molecular weight excluding hydrogens is 300 g/mol. The Morgan fingerprint density at radius 1 is 0.917 bits per heavy atom. The molecule has 2 rings (SSSR count). The Bertz CT molecular complexity index is 642. The Morgan fingerprint density at radius 2 is 1.50 bits per heavy atom. The molecule has 0 fully saturated rings. The topological polar surface area (TPSA) is 35.5 Å². The largest absolute Gasteiger partial charge is 0.491 e. The van der Waals surface area contributed by atoms with Gasteiger partial charge in [-0.15, -0.1) is 0 Å². The molecule has 0 N–H and O–H groups in total. The van der Waals surface area contributed by atoms with Crippen LogP contribution >= 0.6 is 0 Å². The second-order valence-corrected chi connectivity index (χ2v) is 6.34. The van der Waals surface area contributed by atoms with Gasteiger partial charge < -0.3 is 9.47 Å². The van der Waals surface area contributed by atoms with E-state index in [1.165, 1.54) is 5.56 Å². The molecule has 0 bridgehead atoms. The van der Waals surface area contributed by atoms with Crippen LogP contribution < -0.4 is 9.47 Å². The number of hydrogen-bond donors (Lipinski definition) is 0. The molecule has 0 saturated heterocycles. The van der Waals surface area contributed by atoms with Crippen molar-refractivity contribution in [3.63, 3.8) is 0 Å². The number of ether oxygens (including phenoxy) is 2. The van der Waals surface area contributed by atoms with Crippen LogP contribution in [0.4, 0.5) is 0 Å². The van der Waals surface area contributed by atoms with Crippen LogP contribution in [-0.4, -0.2) is 12.1 Å². The summed E-state index contributed by atoms with van der Waals surface area (Å²) in [6.07, 6.45) is 2.42. The first-order valence-corrected chi connectivity index (χ1v) is 8.58. The second kappa shape index (κ2) is 8.53. The molecule has 1 atom stereocenters. The lowest BCUT2D eigenvalue weighted by atomic mass is 9.96. The number of hydrogen-bond acceptors (Lipinski definition) is 3. The Balaban J connectivity index is 1.99. The summed E-state index contributed by atoms with van der Waals surface area (Å²) in [5.41, 5.74) is 1.81. The third kappa shape index (κ3) is 5.12. The van der Waals surface area contributed by atoms with E-state index < -0.39 is 0 Å². The molecule has 0 saturated carbocycles. The Labute approximate surface area is 144 Å². The molecule has 0 aliphatic heterocycles.